The summed E-state index contributed by atoms with van der Waals surface area (Å²) in [4.78, 5) is 3.39. The molecule has 160 valence electrons. The third-order valence-electron chi connectivity index (χ3n) is 4.13. The highest BCUT2D eigenvalue weighted by molar-refractivity contribution is 7.89. The number of benzene rings is 2. The molecule has 0 unspecified atom stereocenters. The van der Waals surface area contributed by atoms with Crippen LogP contribution in [0.3, 0.4) is 0 Å². The number of hydrogen-bond donors (Lipinski definition) is 3. The zero-order valence-corrected chi connectivity index (χ0v) is 16.9. The molecule has 13 heteroatoms. The third kappa shape index (κ3) is 4.50. The average Bonchev–Trinajstić information content (AvgIpc) is 3.04. The van der Waals surface area contributed by atoms with Gasteiger partial charge in [-0.15, -0.1) is 5.10 Å². The summed E-state index contributed by atoms with van der Waals surface area (Å²) in [6, 6.07) is 5.69. The lowest BCUT2D eigenvalue weighted by Gasteiger charge is -2.18. The number of methoxy groups -OCH3 is 1. The van der Waals surface area contributed by atoms with E-state index in [4.69, 9.17) is 27.2 Å². The van der Waals surface area contributed by atoms with Crippen LogP contribution in [-0.4, -0.2) is 30.7 Å². The van der Waals surface area contributed by atoms with E-state index in [2.05, 4.69) is 15.2 Å². The second-order valence-corrected chi connectivity index (χ2v) is 8.16. The fourth-order valence-corrected chi connectivity index (χ4v) is 3.99. The number of nitrogens with one attached hydrogen (secondary N) is 1. The van der Waals surface area contributed by atoms with Crippen LogP contribution in [-0.2, 0) is 22.6 Å². The Kier molecular flexibility index (Phi) is 5.67. The summed E-state index contributed by atoms with van der Waals surface area (Å²) < 4.78 is 70.1. The first-order valence-corrected chi connectivity index (χ1v) is 10.1. The number of aromatic nitrogens is 3. The first-order valence-electron chi connectivity index (χ1n) is 8.17. The van der Waals surface area contributed by atoms with Gasteiger partial charge in [0.05, 0.1) is 12.7 Å². The van der Waals surface area contributed by atoms with Crippen LogP contribution in [0.15, 0.2) is 35.2 Å². The largest absolute Gasteiger partial charge is 0.495 e. The highest BCUT2D eigenvalue weighted by Crippen LogP contribution is 2.43. The molecular weight excluding hydrogens is 447 g/mol. The zero-order valence-electron chi connectivity index (χ0n) is 15.3. The van der Waals surface area contributed by atoms with Gasteiger partial charge in [0, 0.05) is 17.0 Å². The van der Waals surface area contributed by atoms with Crippen LogP contribution in [0, 0.1) is 0 Å². The van der Waals surface area contributed by atoms with Crippen LogP contribution in [0.25, 0.3) is 11.1 Å². The number of primary sulfonamides is 1. The first-order chi connectivity index (χ1) is 13.9. The summed E-state index contributed by atoms with van der Waals surface area (Å²) >= 11 is 6.20. The van der Waals surface area contributed by atoms with Crippen molar-refractivity contribution in [1.29, 1.82) is 0 Å². The number of hydrogen-bond acceptors (Lipinski definition) is 6. The Hall–Kier alpha value is -2.83. The predicted molar refractivity (Wildman–Crippen MR) is 103 cm³/mol. The number of H-pyrrole nitrogens is 1. The van der Waals surface area contributed by atoms with Crippen LogP contribution >= 0.6 is 11.6 Å². The quantitative estimate of drug-likeness (QED) is 0.534. The molecule has 0 amide bonds. The number of alkyl halides is 3. The van der Waals surface area contributed by atoms with Gasteiger partial charge in [-0.25, -0.2) is 13.6 Å². The van der Waals surface area contributed by atoms with E-state index < -0.39 is 32.2 Å². The lowest BCUT2D eigenvalue weighted by Crippen LogP contribution is -2.14. The van der Waals surface area contributed by atoms with E-state index in [-0.39, 0.29) is 40.1 Å². The zero-order chi connectivity index (χ0) is 22.3. The predicted octanol–water partition coefficient (Wildman–Crippen LogP) is 2.97. The van der Waals surface area contributed by atoms with Crippen molar-refractivity contribution in [1.82, 2.24) is 15.2 Å². The van der Waals surface area contributed by atoms with Crippen molar-refractivity contribution < 1.29 is 26.3 Å². The molecule has 0 saturated heterocycles. The maximum atomic E-state index is 13.8. The van der Waals surface area contributed by atoms with E-state index in [1.54, 1.807) is 0 Å². The van der Waals surface area contributed by atoms with Gasteiger partial charge in [0.15, 0.2) is 0 Å². The molecule has 2 aromatic carbocycles. The van der Waals surface area contributed by atoms with Crippen LogP contribution in [0.2, 0.25) is 5.02 Å². The summed E-state index contributed by atoms with van der Waals surface area (Å²) in [6.07, 6.45) is -4.81. The summed E-state index contributed by atoms with van der Waals surface area (Å²) in [5.41, 5.74) is 4.07. The molecule has 0 aliphatic heterocycles. The Balaban J connectivity index is 2.20. The lowest BCUT2D eigenvalue weighted by molar-refractivity contribution is -0.137. The van der Waals surface area contributed by atoms with Crippen LogP contribution in [0.1, 0.15) is 17.0 Å². The molecule has 0 radical (unpaired) electrons. The van der Waals surface area contributed by atoms with E-state index in [1.807, 2.05) is 0 Å². The Bertz CT molecular complexity index is 1210. The molecular formula is C17H15ClF3N5O3S. The van der Waals surface area contributed by atoms with E-state index in [9.17, 15) is 21.6 Å². The van der Waals surface area contributed by atoms with Gasteiger partial charge in [-0.05, 0) is 35.4 Å². The Labute approximate surface area is 174 Å². The van der Waals surface area contributed by atoms with Crippen molar-refractivity contribution in [2.75, 3.05) is 12.8 Å². The van der Waals surface area contributed by atoms with Crippen molar-refractivity contribution in [2.45, 2.75) is 17.5 Å². The minimum Gasteiger partial charge on any atom is -0.495 e. The molecule has 3 rings (SSSR count). The highest BCUT2D eigenvalue weighted by atomic mass is 35.5. The van der Waals surface area contributed by atoms with Crippen molar-refractivity contribution in [3.63, 3.8) is 0 Å². The fourth-order valence-electron chi connectivity index (χ4n) is 2.92. The number of aromatic amines is 1. The molecule has 0 spiro atoms. The number of halogens is 4. The molecule has 1 heterocycles. The lowest BCUT2D eigenvalue weighted by atomic mass is 9.95. The van der Waals surface area contributed by atoms with Gasteiger partial charge in [0.1, 0.15) is 16.5 Å². The Morgan fingerprint density at radius 1 is 1.23 bits per heavy atom. The normalized spacial score (nSPS) is 12.2. The number of sulfonamides is 1. The maximum Gasteiger partial charge on any atom is 0.417 e. The van der Waals surface area contributed by atoms with Crippen molar-refractivity contribution >= 4 is 27.6 Å². The number of anilines is 1. The highest BCUT2D eigenvalue weighted by Gasteiger charge is 2.35. The molecule has 0 fully saturated rings. The second-order valence-electron chi connectivity index (χ2n) is 6.23. The summed E-state index contributed by atoms with van der Waals surface area (Å²) in [6.45, 7) is 0. The molecule has 0 atom stereocenters. The molecule has 30 heavy (non-hydrogen) atoms. The van der Waals surface area contributed by atoms with Gasteiger partial charge in [0.25, 0.3) is 0 Å². The molecule has 0 aliphatic rings. The van der Waals surface area contributed by atoms with E-state index in [0.717, 1.165) is 12.1 Å². The van der Waals surface area contributed by atoms with E-state index in [0.29, 0.717) is 0 Å². The smallest absolute Gasteiger partial charge is 0.417 e. The molecule has 1 aromatic heterocycles. The van der Waals surface area contributed by atoms with Gasteiger partial charge in [0.2, 0.25) is 16.0 Å². The van der Waals surface area contributed by atoms with Gasteiger partial charge in [-0.2, -0.15) is 18.2 Å². The van der Waals surface area contributed by atoms with Crippen LogP contribution in [0.4, 0.5) is 19.1 Å². The standard InChI is InChI=1S/C17H15ClF3N5O3S/c1-29-12-3-2-9(7-13(12)30(23,27)28)15-10(17(19,20)21)4-8(5-11(15)18)6-14-24-16(22)26-25-14/h2-5,7H,6H2,1H3,(H2,23,27,28)(H3,22,24,25,26). The minimum absolute atomic E-state index is 0.0294. The monoisotopic (exact) mass is 461 g/mol. The van der Waals surface area contributed by atoms with Crippen LogP contribution < -0.4 is 15.6 Å². The number of nitrogens with two attached hydrogens (primary N) is 2. The fraction of sp³-hybridized carbons (Fsp3) is 0.176. The van der Waals surface area contributed by atoms with Crippen molar-refractivity contribution in [3.8, 4) is 16.9 Å². The van der Waals surface area contributed by atoms with Gasteiger partial charge >= 0.3 is 6.18 Å². The molecule has 0 aliphatic carbocycles. The average molecular weight is 462 g/mol. The van der Waals surface area contributed by atoms with Gasteiger partial charge < -0.3 is 10.5 Å². The molecule has 0 saturated carbocycles. The number of ether oxygens (including phenoxy) is 1. The van der Waals surface area contributed by atoms with Gasteiger partial charge in [-0.3, -0.25) is 5.10 Å². The topological polar surface area (TPSA) is 137 Å². The molecule has 0 bridgehead atoms. The number of nitrogen functional groups attached to an aromatic ring is 1. The van der Waals surface area contributed by atoms with Crippen molar-refractivity contribution in [3.05, 3.63) is 52.3 Å². The maximum absolute atomic E-state index is 13.8. The summed E-state index contributed by atoms with van der Waals surface area (Å²) in [7, 11) is -3.05. The molecule has 3 aromatic rings. The van der Waals surface area contributed by atoms with Gasteiger partial charge in [-0.1, -0.05) is 17.7 Å². The Morgan fingerprint density at radius 2 is 1.93 bits per heavy atom. The summed E-state index contributed by atoms with van der Waals surface area (Å²) in [5, 5.41) is 11.1. The second kappa shape index (κ2) is 7.78. The molecule has 5 N–H and O–H groups in total. The first kappa shape index (κ1) is 21.9. The van der Waals surface area contributed by atoms with Crippen molar-refractivity contribution in [2.24, 2.45) is 5.14 Å². The number of rotatable bonds is 5. The number of nitrogens with zero attached hydrogens (tertiary/aromatic N) is 2. The SMILES string of the molecule is COc1ccc(-c2c(Cl)cc(Cc3nc(N)n[nH]3)cc2C(F)(F)F)cc1S(N)(=O)=O. The van der Waals surface area contributed by atoms with E-state index in [1.165, 1.54) is 25.3 Å². The summed E-state index contributed by atoms with van der Waals surface area (Å²) in [5.74, 6) is 0.105. The van der Waals surface area contributed by atoms with E-state index >= 15 is 0 Å². The minimum atomic E-state index is -4.78. The third-order valence-corrected chi connectivity index (χ3v) is 5.37. The molecule has 8 nitrogen and oxygen atoms in total. The Morgan fingerprint density at radius 3 is 2.47 bits per heavy atom. The van der Waals surface area contributed by atoms with Crippen LogP contribution in [0.5, 0.6) is 5.75 Å².